The maximum atomic E-state index is 13.7. The van der Waals surface area contributed by atoms with Gasteiger partial charge in [0, 0.05) is 23.5 Å². The Balaban J connectivity index is 1.44. The number of ketones is 1. The van der Waals surface area contributed by atoms with Crippen molar-refractivity contribution in [2.75, 3.05) is 23.0 Å². The number of nitrogens with zero attached hydrogens (tertiary/aromatic N) is 2. The normalized spacial score (nSPS) is 15.6. The highest BCUT2D eigenvalue weighted by atomic mass is 16.1. The van der Waals surface area contributed by atoms with Crippen LogP contribution in [0.15, 0.2) is 103 Å². The van der Waals surface area contributed by atoms with E-state index in [2.05, 4.69) is 84.3 Å². The van der Waals surface area contributed by atoms with E-state index in [4.69, 9.17) is 0 Å². The van der Waals surface area contributed by atoms with Gasteiger partial charge in [0.2, 0.25) is 0 Å². The van der Waals surface area contributed by atoms with E-state index in [0.29, 0.717) is 13.2 Å². The van der Waals surface area contributed by atoms with Gasteiger partial charge in [-0.1, -0.05) is 90.0 Å². The van der Waals surface area contributed by atoms with Gasteiger partial charge in [0.05, 0.1) is 6.67 Å². The molecule has 1 saturated heterocycles. The molecule has 1 unspecified atom stereocenters. The second-order valence-electron chi connectivity index (χ2n) is 8.83. The molecule has 0 bridgehead atoms. The minimum Gasteiger partial charge on any atom is -0.351 e. The minimum atomic E-state index is -0.239. The molecule has 3 nitrogen and oxygen atoms in total. The van der Waals surface area contributed by atoms with Gasteiger partial charge >= 0.3 is 0 Å². The van der Waals surface area contributed by atoms with Crippen molar-refractivity contribution in [2.24, 2.45) is 0 Å². The summed E-state index contributed by atoms with van der Waals surface area (Å²) in [7, 11) is 0. The first kappa shape index (κ1) is 21.0. The number of hydrogen-bond donors (Lipinski definition) is 0. The van der Waals surface area contributed by atoms with Crippen LogP contribution in [0.2, 0.25) is 0 Å². The summed E-state index contributed by atoms with van der Waals surface area (Å²) in [6, 6.07) is 35.0. The van der Waals surface area contributed by atoms with Crippen LogP contribution in [0.4, 0.5) is 11.4 Å². The van der Waals surface area contributed by atoms with Crippen LogP contribution in [-0.4, -0.2) is 25.0 Å². The molecule has 1 fully saturated rings. The van der Waals surface area contributed by atoms with Crippen molar-refractivity contribution in [3.8, 4) is 11.1 Å². The Labute approximate surface area is 195 Å². The second-order valence-corrected chi connectivity index (χ2v) is 8.83. The summed E-state index contributed by atoms with van der Waals surface area (Å²) >= 11 is 0. The van der Waals surface area contributed by atoms with E-state index in [0.717, 1.165) is 28.1 Å². The van der Waals surface area contributed by atoms with Gasteiger partial charge < -0.3 is 9.80 Å². The minimum absolute atomic E-state index is 0.157. The number of carbonyl (C=O) groups is 1. The lowest BCUT2D eigenvalue weighted by Gasteiger charge is -2.25. The summed E-state index contributed by atoms with van der Waals surface area (Å²) < 4.78 is 0. The van der Waals surface area contributed by atoms with Crippen molar-refractivity contribution in [1.82, 2.24) is 0 Å². The van der Waals surface area contributed by atoms with Gasteiger partial charge in [-0.3, -0.25) is 4.79 Å². The van der Waals surface area contributed by atoms with Crippen molar-refractivity contribution >= 4 is 17.2 Å². The molecular formula is C30H28N2O. The standard InChI is InChI=1S/C30H28N2O/c1-22-8-16-27(17-9-22)31-20-29(32(21-31)28-18-10-23(2)11-19-28)30(33)26-14-12-25(13-15-26)24-6-4-3-5-7-24/h3-19,29H,20-21H2,1-2H3. The van der Waals surface area contributed by atoms with E-state index >= 15 is 0 Å². The SMILES string of the molecule is Cc1ccc(N2CC(C(=O)c3ccc(-c4ccccc4)cc3)N(c3ccc(C)cc3)C2)cc1. The van der Waals surface area contributed by atoms with Crippen LogP contribution in [0.5, 0.6) is 0 Å². The third-order valence-corrected chi connectivity index (χ3v) is 6.44. The molecule has 0 spiro atoms. The van der Waals surface area contributed by atoms with Crippen molar-refractivity contribution < 1.29 is 4.79 Å². The van der Waals surface area contributed by atoms with Gasteiger partial charge in [-0.2, -0.15) is 0 Å². The molecule has 0 aliphatic carbocycles. The highest BCUT2D eigenvalue weighted by Crippen LogP contribution is 2.30. The maximum absolute atomic E-state index is 13.7. The Hall–Kier alpha value is -3.85. The first-order valence-electron chi connectivity index (χ1n) is 11.4. The molecule has 4 aromatic rings. The zero-order chi connectivity index (χ0) is 22.8. The summed E-state index contributed by atoms with van der Waals surface area (Å²) in [5.41, 5.74) is 7.70. The van der Waals surface area contributed by atoms with E-state index in [1.165, 1.54) is 11.1 Å². The number of benzene rings is 4. The molecule has 33 heavy (non-hydrogen) atoms. The molecule has 4 aromatic carbocycles. The Kier molecular flexibility index (Phi) is 5.70. The largest absolute Gasteiger partial charge is 0.351 e. The molecule has 1 heterocycles. The lowest BCUT2D eigenvalue weighted by molar-refractivity contribution is 0.0968. The second kappa shape index (κ2) is 8.95. The van der Waals surface area contributed by atoms with Gasteiger partial charge in [-0.25, -0.2) is 0 Å². The first-order chi connectivity index (χ1) is 16.1. The Morgan fingerprint density at radius 2 is 1.21 bits per heavy atom. The number of rotatable bonds is 5. The zero-order valence-electron chi connectivity index (χ0n) is 19.1. The number of Topliss-reactive ketones (excluding diaryl/α,β-unsaturated/α-hetero) is 1. The van der Waals surface area contributed by atoms with Gasteiger partial charge in [0.1, 0.15) is 6.04 Å². The molecule has 1 aliphatic rings. The first-order valence-corrected chi connectivity index (χ1v) is 11.4. The predicted molar refractivity (Wildman–Crippen MR) is 137 cm³/mol. The number of carbonyl (C=O) groups excluding carboxylic acids is 1. The Morgan fingerprint density at radius 3 is 1.82 bits per heavy atom. The smallest absolute Gasteiger partial charge is 0.187 e. The summed E-state index contributed by atoms with van der Waals surface area (Å²) in [5.74, 6) is 0.157. The van der Waals surface area contributed by atoms with Crippen LogP contribution in [0.3, 0.4) is 0 Å². The molecule has 5 rings (SSSR count). The monoisotopic (exact) mass is 432 g/mol. The topological polar surface area (TPSA) is 23.6 Å². The molecule has 164 valence electrons. The van der Waals surface area contributed by atoms with Gasteiger partial charge in [0.15, 0.2) is 5.78 Å². The van der Waals surface area contributed by atoms with Crippen molar-refractivity contribution in [1.29, 1.82) is 0 Å². The van der Waals surface area contributed by atoms with Crippen LogP contribution >= 0.6 is 0 Å². The Bertz CT molecular complexity index is 1230. The van der Waals surface area contributed by atoms with Crippen molar-refractivity contribution in [3.63, 3.8) is 0 Å². The van der Waals surface area contributed by atoms with E-state index in [-0.39, 0.29) is 11.8 Å². The van der Waals surface area contributed by atoms with Gasteiger partial charge in [0.25, 0.3) is 0 Å². The molecule has 0 N–H and O–H groups in total. The number of anilines is 2. The third-order valence-electron chi connectivity index (χ3n) is 6.44. The van der Waals surface area contributed by atoms with E-state index in [1.807, 2.05) is 42.5 Å². The number of hydrogen-bond acceptors (Lipinski definition) is 3. The van der Waals surface area contributed by atoms with Crippen molar-refractivity contribution in [2.45, 2.75) is 19.9 Å². The van der Waals surface area contributed by atoms with Gasteiger partial charge in [-0.15, -0.1) is 0 Å². The fourth-order valence-corrected chi connectivity index (χ4v) is 4.46. The summed E-state index contributed by atoms with van der Waals surface area (Å²) in [6.07, 6.45) is 0. The van der Waals surface area contributed by atoms with E-state index in [9.17, 15) is 4.79 Å². The summed E-state index contributed by atoms with van der Waals surface area (Å²) in [5, 5.41) is 0. The van der Waals surface area contributed by atoms with E-state index in [1.54, 1.807) is 0 Å². The van der Waals surface area contributed by atoms with Crippen LogP contribution in [0.1, 0.15) is 21.5 Å². The number of aryl methyl sites for hydroxylation is 2. The average molecular weight is 433 g/mol. The lowest BCUT2D eigenvalue weighted by Crippen LogP contribution is -2.37. The van der Waals surface area contributed by atoms with Crippen LogP contribution in [0.25, 0.3) is 11.1 Å². The summed E-state index contributed by atoms with van der Waals surface area (Å²) in [4.78, 5) is 18.2. The predicted octanol–water partition coefficient (Wildman–Crippen LogP) is 6.51. The molecule has 0 radical (unpaired) electrons. The molecule has 0 saturated carbocycles. The fraction of sp³-hybridized carbons (Fsp3) is 0.167. The summed E-state index contributed by atoms with van der Waals surface area (Å²) in [6.45, 7) is 5.53. The van der Waals surface area contributed by atoms with Crippen LogP contribution in [-0.2, 0) is 0 Å². The lowest BCUT2D eigenvalue weighted by atomic mass is 9.99. The molecule has 1 aliphatic heterocycles. The molecule has 3 heteroatoms. The molecule has 0 aromatic heterocycles. The van der Waals surface area contributed by atoms with E-state index < -0.39 is 0 Å². The molecule has 0 amide bonds. The molecular weight excluding hydrogens is 404 g/mol. The fourth-order valence-electron chi connectivity index (χ4n) is 4.46. The third kappa shape index (κ3) is 4.40. The van der Waals surface area contributed by atoms with Gasteiger partial charge in [-0.05, 0) is 49.2 Å². The maximum Gasteiger partial charge on any atom is 0.187 e. The zero-order valence-corrected chi connectivity index (χ0v) is 19.1. The quantitative estimate of drug-likeness (QED) is 0.336. The van der Waals surface area contributed by atoms with Crippen LogP contribution in [0, 0.1) is 13.8 Å². The molecule has 1 atom stereocenters. The average Bonchev–Trinajstić information content (AvgIpc) is 3.30. The van der Waals surface area contributed by atoms with Crippen LogP contribution < -0.4 is 9.80 Å². The van der Waals surface area contributed by atoms with Crippen molar-refractivity contribution in [3.05, 3.63) is 120 Å². The highest BCUT2D eigenvalue weighted by molar-refractivity contribution is 6.03. The highest BCUT2D eigenvalue weighted by Gasteiger charge is 2.36. The Morgan fingerprint density at radius 1 is 0.667 bits per heavy atom.